The Morgan fingerprint density at radius 3 is 2.40 bits per heavy atom. The van der Waals surface area contributed by atoms with Crippen molar-refractivity contribution in [1.82, 2.24) is 5.32 Å². The molecule has 15 heavy (non-hydrogen) atoms. The number of ether oxygens (including phenoxy) is 1. The van der Waals surface area contributed by atoms with Crippen molar-refractivity contribution in [2.24, 2.45) is 5.41 Å². The molecule has 2 atom stereocenters. The highest BCUT2D eigenvalue weighted by molar-refractivity contribution is 4.82. The van der Waals surface area contributed by atoms with Crippen molar-refractivity contribution in [3.05, 3.63) is 0 Å². The smallest absolute Gasteiger partial charge is 0.0549 e. The lowest BCUT2D eigenvalue weighted by Crippen LogP contribution is -2.35. The molecule has 0 aromatic carbocycles. The van der Waals surface area contributed by atoms with Crippen LogP contribution in [0.1, 0.15) is 52.9 Å². The number of nitrogens with one attached hydrogen (secondary N) is 1. The molecule has 0 heterocycles. The molecule has 92 valence electrons. The van der Waals surface area contributed by atoms with Crippen LogP contribution in [0.15, 0.2) is 0 Å². The molecule has 1 N–H and O–H groups in total. The SMILES string of the molecule is CCCCC(CC)(CNC)CC(C)OC. The van der Waals surface area contributed by atoms with Crippen molar-refractivity contribution < 1.29 is 4.74 Å². The molecule has 0 saturated heterocycles. The van der Waals surface area contributed by atoms with E-state index >= 15 is 0 Å². The van der Waals surface area contributed by atoms with Gasteiger partial charge in [-0.05, 0) is 38.6 Å². The van der Waals surface area contributed by atoms with Crippen molar-refractivity contribution in [2.45, 2.75) is 59.0 Å². The van der Waals surface area contributed by atoms with Crippen LogP contribution in [0.3, 0.4) is 0 Å². The quantitative estimate of drug-likeness (QED) is 0.637. The molecular formula is C13H29NO. The van der Waals surface area contributed by atoms with Crippen molar-refractivity contribution in [3.63, 3.8) is 0 Å². The first-order chi connectivity index (χ1) is 7.14. The Labute approximate surface area is 95.8 Å². The highest BCUT2D eigenvalue weighted by Gasteiger charge is 2.28. The fourth-order valence-electron chi connectivity index (χ4n) is 2.33. The average molecular weight is 215 g/mol. The number of methoxy groups -OCH3 is 1. The van der Waals surface area contributed by atoms with E-state index in [-0.39, 0.29) is 0 Å². The lowest BCUT2D eigenvalue weighted by molar-refractivity contribution is 0.0567. The normalized spacial score (nSPS) is 17.4. The van der Waals surface area contributed by atoms with Crippen LogP contribution in [-0.2, 0) is 4.74 Å². The Balaban J connectivity index is 4.34. The van der Waals surface area contributed by atoms with Gasteiger partial charge in [0.1, 0.15) is 0 Å². The first-order valence-electron chi connectivity index (χ1n) is 6.31. The number of rotatable bonds is 9. The Kier molecular flexibility index (Phi) is 8.07. The van der Waals surface area contributed by atoms with E-state index < -0.39 is 0 Å². The molecule has 0 rings (SSSR count). The third kappa shape index (κ3) is 5.53. The van der Waals surface area contributed by atoms with Gasteiger partial charge in [-0.3, -0.25) is 0 Å². The minimum atomic E-state index is 0.371. The second-order valence-corrected chi connectivity index (χ2v) is 4.74. The summed E-state index contributed by atoms with van der Waals surface area (Å²) in [5, 5.41) is 3.34. The predicted molar refractivity (Wildman–Crippen MR) is 67.3 cm³/mol. The van der Waals surface area contributed by atoms with Gasteiger partial charge < -0.3 is 10.1 Å². The summed E-state index contributed by atoms with van der Waals surface area (Å²) in [5.74, 6) is 0. The van der Waals surface area contributed by atoms with Crippen LogP contribution in [0, 0.1) is 5.41 Å². The minimum absolute atomic E-state index is 0.371. The molecule has 0 aliphatic rings. The molecule has 0 aromatic heterocycles. The summed E-state index contributed by atoms with van der Waals surface area (Å²) in [5.41, 5.74) is 0.431. The van der Waals surface area contributed by atoms with E-state index in [2.05, 4.69) is 26.1 Å². The lowest BCUT2D eigenvalue weighted by atomic mass is 9.75. The molecule has 0 fully saturated rings. The van der Waals surface area contributed by atoms with Gasteiger partial charge in [0, 0.05) is 13.7 Å². The number of hydrogen-bond donors (Lipinski definition) is 1. The Morgan fingerprint density at radius 2 is 2.00 bits per heavy atom. The van der Waals surface area contributed by atoms with Gasteiger partial charge in [0.05, 0.1) is 6.10 Å². The average Bonchev–Trinajstić information content (AvgIpc) is 2.26. The second kappa shape index (κ2) is 8.12. The monoisotopic (exact) mass is 215 g/mol. The van der Waals surface area contributed by atoms with Crippen LogP contribution in [0.25, 0.3) is 0 Å². The van der Waals surface area contributed by atoms with E-state index in [0.29, 0.717) is 11.5 Å². The molecule has 0 saturated carbocycles. The fourth-order valence-corrected chi connectivity index (χ4v) is 2.33. The molecule has 0 amide bonds. The van der Waals surface area contributed by atoms with Crippen molar-refractivity contribution in [2.75, 3.05) is 20.7 Å². The molecule has 0 radical (unpaired) electrons. The number of hydrogen-bond acceptors (Lipinski definition) is 2. The van der Waals surface area contributed by atoms with Gasteiger partial charge in [0.2, 0.25) is 0 Å². The van der Waals surface area contributed by atoms with Crippen LogP contribution in [0.5, 0.6) is 0 Å². The molecule has 0 aliphatic carbocycles. The van der Waals surface area contributed by atoms with Gasteiger partial charge in [-0.25, -0.2) is 0 Å². The van der Waals surface area contributed by atoms with Gasteiger partial charge >= 0.3 is 0 Å². The van der Waals surface area contributed by atoms with E-state index in [4.69, 9.17) is 4.74 Å². The standard InChI is InChI=1S/C13H29NO/c1-6-8-9-13(7-2,11-14-4)10-12(3)15-5/h12,14H,6-11H2,1-5H3. The Hall–Kier alpha value is -0.0800. The summed E-state index contributed by atoms with van der Waals surface area (Å²) >= 11 is 0. The Bertz CT molecular complexity index is 149. The van der Waals surface area contributed by atoms with Crippen molar-refractivity contribution in [3.8, 4) is 0 Å². The Morgan fingerprint density at radius 1 is 1.33 bits per heavy atom. The van der Waals surface area contributed by atoms with E-state index in [0.717, 1.165) is 6.54 Å². The first kappa shape index (κ1) is 14.9. The van der Waals surface area contributed by atoms with Crippen LogP contribution in [-0.4, -0.2) is 26.8 Å². The maximum Gasteiger partial charge on any atom is 0.0549 e. The highest BCUT2D eigenvalue weighted by atomic mass is 16.5. The predicted octanol–water partition coefficient (Wildman–Crippen LogP) is 3.22. The van der Waals surface area contributed by atoms with Crippen LogP contribution >= 0.6 is 0 Å². The van der Waals surface area contributed by atoms with Crippen molar-refractivity contribution >= 4 is 0 Å². The molecule has 0 bridgehead atoms. The zero-order chi connectivity index (χ0) is 11.7. The third-order valence-corrected chi connectivity index (χ3v) is 3.49. The van der Waals surface area contributed by atoms with Gasteiger partial charge in [-0.2, -0.15) is 0 Å². The fraction of sp³-hybridized carbons (Fsp3) is 1.00. The largest absolute Gasteiger partial charge is 0.382 e. The van der Waals surface area contributed by atoms with Gasteiger partial charge in [0.25, 0.3) is 0 Å². The summed E-state index contributed by atoms with van der Waals surface area (Å²) in [6.45, 7) is 7.85. The summed E-state index contributed by atoms with van der Waals surface area (Å²) < 4.78 is 5.41. The van der Waals surface area contributed by atoms with Gasteiger partial charge in [-0.1, -0.05) is 26.7 Å². The third-order valence-electron chi connectivity index (χ3n) is 3.49. The van der Waals surface area contributed by atoms with E-state index in [1.807, 2.05) is 14.2 Å². The zero-order valence-corrected chi connectivity index (χ0v) is 11.2. The molecule has 0 aliphatic heterocycles. The van der Waals surface area contributed by atoms with Gasteiger partial charge in [0.15, 0.2) is 0 Å². The molecule has 2 nitrogen and oxygen atoms in total. The van der Waals surface area contributed by atoms with Crippen LogP contribution < -0.4 is 5.32 Å². The lowest BCUT2D eigenvalue weighted by Gasteiger charge is -2.35. The molecule has 0 aromatic rings. The number of unbranched alkanes of at least 4 members (excludes halogenated alkanes) is 1. The van der Waals surface area contributed by atoms with E-state index in [1.54, 1.807) is 0 Å². The van der Waals surface area contributed by atoms with Crippen LogP contribution in [0.2, 0.25) is 0 Å². The zero-order valence-electron chi connectivity index (χ0n) is 11.2. The van der Waals surface area contributed by atoms with Gasteiger partial charge in [-0.15, -0.1) is 0 Å². The molecular weight excluding hydrogens is 186 g/mol. The van der Waals surface area contributed by atoms with E-state index in [1.165, 1.54) is 32.1 Å². The summed E-state index contributed by atoms with van der Waals surface area (Å²) in [7, 11) is 3.86. The maximum absolute atomic E-state index is 5.41. The van der Waals surface area contributed by atoms with E-state index in [9.17, 15) is 0 Å². The second-order valence-electron chi connectivity index (χ2n) is 4.74. The minimum Gasteiger partial charge on any atom is -0.382 e. The first-order valence-corrected chi connectivity index (χ1v) is 6.31. The van der Waals surface area contributed by atoms with Crippen LogP contribution in [0.4, 0.5) is 0 Å². The molecule has 2 heteroatoms. The van der Waals surface area contributed by atoms with Crippen molar-refractivity contribution in [1.29, 1.82) is 0 Å². The summed E-state index contributed by atoms with van der Waals surface area (Å²) in [4.78, 5) is 0. The maximum atomic E-state index is 5.41. The summed E-state index contributed by atoms with van der Waals surface area (Å²) in [6, 6.07) is 0. The summed E-state index contributed by atoms with van der Waals surface area (Å²) in [6.07, 6.45) is 6.70. The highest BCUT2D eigenvalue weighted by Crippen LogP contribution is 2.34. The molecule has 2 unspecified atom stereocenters. The topological polar surface area (TPSA) is 21.3 Å². The molecule has 0 spiro atoms.